The molecule has 1 aliphatic heterocycles. The smallest absolute Gasteiger partial charge is 0.313 e. The Hall–Kier alpha value is -1.28. The van der Waals surface area contributed by atoms with E-state index in [2.05, 4.69) is 5.32 Å². The van der Waals surface area contributed by atoms with Crippen molar-refractivity contribution in [2.75, 3.05) is 31.1 Å². The monoisotopic (exact) mass is 290 g/mol. The van der Waals surface area contributed by atoms with Gasteiger partial charge in [0.25, 0.3) is 5.91 Å². The summed E-state index contributed by atoms with van der Waals surface area (Å²) in [6.07, 6.45) is 0.332. The lowest BCUT2D eigenvalue weighted by molar-refractivity contribution is -0.143. The lowest BCUT2D eigenvalue weighted by Crippen LogP contribution is -2.47. The van der Waals surface area contributed by atoms with Gasteiger partial charge >= 0.3 is 5.97 Å². The number of carbonyl (C=O) groups excluding carboxylic acids is 2. The van der Waals surface area contributed by atoms with E-state index in [1.54, 1.807) is 0 Å². The Morgan fingerprint density at radius 2 is 2.16 bits per heavy atom. The Morgan fingerprint density at radius 1 is 1.42 bits per heavy atom. The number of aliphatic carboxylic acids is 1. The van der Waals surface area contributed by atoms with Crippen LogP contribution in [0.1, 0.15) is 12.8 Å². The van der Waals surface area contributed by atoms with Crippen molar-refractivity contribution in [1.82, 2.24) is 10.2 Å². The molecular weight excluding hydrogens is 272 g/mol. The van der Waals surface area contributed by atoms with Crippen molar-refractivity contribution in [1.29, 1.82) is 0 Å². The Morgan fingerprint density at radius 3 is 2.84 bits per heavy atom. The quantitative estimate of drug-likeness (QED) is 0.550. The second-order valence-electron chi connectivity index (χ2n) is 4.22. The minimum Gasteiger partial charge on any atom is -0.481 e. The number of amides is 2. The molecule has 108 valence electrons. The maximum Gasteiger partial charge on any atom is 0.313 e. The van der Waals surface area contributed by atoms with Crippen LogP contribution in [0.2, 0.25) is 0 Å². The number of carbonyl (C=O) groups is 3. The summed E-state index contributed by atoms with van der Waals surface area (Å²) >= 11 is 1.02. The zero-order chi connectivity index (χ0) is 14.3. The van der Waals surface area contributed by atoms with Crippen molar-refractivity contribution in [2.45, 2.75) is 18.9 Å². The van der Waals surface area contributed by atoms with Gasteiger partial charge in [0.1, 0.15) is 6.10 Å². The summed E-state index contributed by atoms with van der Waals surface area (Å²) in [5.41, 5.74) is 0. The van der Waals surface area contributed by atoms with Crippen molar-refractivity contribution in [3.8, 4) is 0 Å². The molecule has 0 bridgehead atoms. The number of carboxylic acid groups (broad SMARTS) is 1. The molecule has 0 aliphatic carbocycles. The minimum absolute atomic E-state index is 0.0862. The Bertz CT molecular complexity index is 350. The molecule has 0 aromatic heterocycles. The number of thioether (sulfide) groups is 1. The van der Waals surface area contributed by atoms with E-state index in [9.17, 15) is 19.5 Å². The van der Waals surface area contributed by atoms with E-state index in [4.69, 9.17) is 5.11 Å². The standard InChI is InChI=1S/C11H18N2O5S/c14-8-2-1-4-13(11(8)18)5-3-12-9(15)6-19-7-10(16)17/h8,14H,1-7H2,(H,12,15)(H,16,17)/t8-/m0/s1. The molecule has 0 radical (unpaired) electrons. The fourth-order valence-corrected chi connectivity index (χ4v) is 2.32. The van der Waals surface area contributed by atoms with Gasteiger partial charge < -0.3 is 20.4 Å². The van der Waals surface area contributed by atoms with Crippen molar-refractivity contribution in [3.63, 3.8) is 0 Å². The van der Waals surface area contributed by atoms with Gasteiger partial charge in [-0.15, -0.1) is 11.8 Å². The van der Waals surface area contributed by atoms with Crippen LogP contribution in [0.4, 0.5) is 0 Å². The van der Waals surface area contributed by atoms with E-state index >= 15 is 0 Å². The molecule has 0 aromatic carbocycles. The lowest BCUT2D eigenvalue weighted by atomic mass is 10.1. The Kier molecular flexibility index (Phi) is 6.65. The fourth-order valence-electron chi connectivity index (χ4n) is 1.75. The number of carboxylic acids is 1. The number of likely N-dealkylation sites (tertiary alicyclic amines) is 1. The predicted octanol–water partition coefficient (Wildman–Crippen LogP) is -1.10. The highest BCUT2D eigenvalue weighted by Gasteiger charge is 2.26. The molecular formula is C11H18N2O5S. The highest BCUT2D eigenvalue weighted by atomic mass is 32.2. The first-order valence-corrected chi connectivity index (χ1v) is 7.19. The second-order valence-corrected chi connectivity index (χ2v) is 5.21. The van der Waals surface area contributed by atoms with Crippen LogP contribution in [0.5, 0.6) is 0 Å². The summed E-state index contributed by atoms with van der Waals surface area (Å²) in [5, 5.41) is 20.4. The summed E-state index contributed by atoms with van der Waals surface area (Å²) in [6.45, 7) is 1.27. The molecule has 8 heteroatoms. The molecule has 0 aromatic rings. The molecule has 3 N–H and O–H groups in total. The van der Waals surface area contributed by atoms with Gasteiger partial charge in [0.2, 0.25) is 5.91 Å². The molecule has 7 nitrogen and oxygen atoms in total. The largest absolute Gasteiger partial charge is 0.481 e. The number of nitrogens with zero attached hydrogens (tertiary/aromatic N) is 1. The third-order valence-electron chi connectivity index (χ3n) is 2.66. The van der Waals surface area contributed by atoms with E-state index in [0.29, 0.717) is 26.1 Å². The average Bonchev–Trinajstić information content (AvgIpc) is 2.34. The maximum atomic E-state index is 11.5. The van der Waals surface area contributed by atoms with Crippen LogP contribution in [0.15, 0.2) is 0 Å². The van der Waals surface area contributed by atoms with Crippen LogP contribution in [0.3, 0.4) is 0 Å². The number of piperidine rings is 1. The molecule has 1 fully saturated rings. The van der Waals surface area contributed by atoms with Crippen LogP contribution in [0, 0.1) is 0 Å². The first-order valence-electron chi connectivity index (χ1n) is 6.04. The number of nitrogens with one attached hydrogen (secondary N) is 1. The molecule has 0 unspecified atom stereocenters. The number of rotatable bonds is 7. The average molecular weight is 290 g/mol. The van der Waals surface area contributed by atoms with Gasteiger partial charge in [0.15, 0.2) is 0 Å². The van der Waals surface area contributed by atoms with Crippen LogP contribution in [-0.4, -0.2) is 70.1 Å². The normalized spacial score (nSPS) is 19.3. The van der Waals surface area contributed by atoms with Crippen LogP contribution >= 0.6 is 11.8 Å². The summed E-state index contributed by atoms with van der Waals surface area (Å²) < 4.78 is 0. The third-order valence-corrected chi connectivity index (χ3v) is 3.58. The molecule has 1 saturated heterocycles. The van der Waals surface area contributed by atoms with Crippen LogP contribution in [-0.2, 0) is 14.4 Å². The summed E-state index contributed by atoms with van der Waals surface area (Å²) in [4.78, 5) is 34.7. The molecule has 2 amide bonds. The van der Waals surface area contributed by atoms with Gasteiger partial charge in [0.05, 0.1) is 11.5 Å². The number of aliphatic hydroxyl groups is 1. The molecule has 19 heavy (non-hydrogen) atoms. The number of hydrogen-bond acceptors (Lipinski definition) is 5. The summed E-state index contributed by atoms with van der Waals surface area (Å²) in [5.74, 6) is -1.52. The van der Waals surface area contributed by atoms with Crippen molar-refractivity contribution in [2.24, 2.45) is 0 Å². The van der Waals surface area contributed by atoms with E-state index in [1.807, 2.05) is 0 Å². The van der Waals surface area contributed by atoms with Crippen molar-refractivity contribution in [3.05, 3.63) is 0 Å². The first kappa shape index (κ1) is 15.8. The second kappa shape index (κ2) is 8.00. The number of hydrogen-bond donors (Lipinski definition) is 3. The SMILES string of the molecule is O=C(O)CSCC(=O)NCCN1CCC[C@H](O)C1=O. The zero-order valence-electron chi connectivity index (χ0n) is 10.5. The van der Waals surface area contributed by atoms with E-state index in [0.717, 1.165) is 18.2 Å². The van der Waals surface area contributed by atoms with Gasteiger partial charge in [-0.3, -0.25) is 14.4 Å². The molecule has 0 spiro atoms. The summed E-state index contributed by atoms with van der Waals surface area (Å²) in [6, 6.07) is 0. The van der Waals surface area contributed by atoms with Gasteiger partial charge in [-0.1, -0.05) is 0 Å². The van der Waals surface area contributed by atoms with Crippen molar-refractivity contribution >= 4 is 29.5 Å². The molecule has 1 heterocycles. The van der Waals surface area contributed by atoms with E-state index < -0.39 is 12.1 Å². The molecule has 1 atom stereocenters. The first-order chi connectivity index (χ1) is 9.00. The minimum atomic E-state index is -0.953. The van der Waals surface area contributed by atoms with Gasteiger partial charge in [0, 0.05) is 19.6 Å². The topological polar surface area (TPSA) is 107 Å². The third kappa shape index (κ3) is 5.93. The predicted molar refractivity (Wildman–Crippen MR) is 69.8 cm³/mol. The zero-order valence-corrected chi connectivity index (χ0v) is 11.3. The number of aliphatic hydroxyl groups excluding tert-OH is 1. The fraction of sp³-hybridized carbons (Fsp3) is 0.727. The molecule has 1 aliphatic rings. The van der Waals surface area contributed by atoms with Crippen molar-refractivity contribution < 1.29 is 24.6 Å². The molecule has 0 saturated carbocycles. The Labute approximate surface area is 115 Å². The highest BCUT2D eigenvalue weighted by Crippen LogP contribution is 2.10. The van der Waals surface area contributed by atoms with E-state index in [1.165, 1.54) is 4.90 Å². The van der Waals surface area contributed by atoms with Gasteiger partial charge in [-0.25, -0.2) is 0 Å². The Balaban J connectivity index is 2.14. The van der Waals surface area contributed by atoms with Gasteiger partial charge in [-0.2, -0.15) is 0 Å². The van der Waals surface area contributed by atoms with Crippen LogP contribution in [0.25, 0.3) is 0 Å². The van der Waals surface area contributed by atoms with Crippen LogP contribution < -0.4 is 5.32 Å². The highest BCUT2D eigenvalue weighted by molar-refractivity contribution is 8.00. The van der Waals surface area contributed by atoms with Gasteiger partial charge in [-0.05, 0) is 12.8 Å². The summed E-state index contributed by atoms with van der Waals surface area (Å²) in [7, 11) is 0. The molecule has 1 rings (SSSR count). The van der Waals surface area contributed by atoms with E-state index in [-0.39, 0.29) is 23.3 Å². The lowest BCUT2D eigenvalue weighted by Gasteiger charge is -2.29. The maximum absolute atomic E-state index is 11.5.